The summed E-state index contributed by atoms with van der Waals surface area (Å²) >= 11 is 1.85. The van der Waals surface area contributed by atoms with Crippen LogP contribution < -0.4 is 5.73 Å². The first-order valence-corrected chi connectivity index (χ1v) is 19.9. The van der Waals surface area contributed by atoms with Crippen molar-refractivity contribution in [3.8, 4) is 16.8 Å². The maximum absolute atomic E-state index is 6.84. The first kappa shape index (κ1) is 33.1. The van der Waals surface area contributed by atoms with Crippen molar-refractivity contribution in [3.63, 3.8) is 0 Å². The van der Waals surface area contributed by atoms with Crippen LogP contribution in [0.1, 0.15) is 16.7 Å². The van der Waals surface area contributed by atoms with E-state index < -0.39 is 0 Å². The van der Waals surface area contributed by atoms with Gasteiger partial charge in [0.15, 0.2) is 5.84 Å². The van der Waals surface area contributed by atoms with Crippen LogP contribution in [0.3, 0.4) is 0 Å². The maximum Gasteiger partial charge on any atom is 0.157 e. The molecule has 8 aromatic carbocycles. The van der Waals surface area contributed by atoms with Crippen LogP contribution in [-0.4, -0.2) is 16.2 Å². The molecule has 57 heavy (non-hydrogen) atoms. The predicted molar refractivity (Wildman–Crippen MR) is 240 cm³/mol. The van der Waals surface area contributed by atoms with E-state index in [1.807, 2.05) is 78.1 Å². The van der Waals surface area contributed by atoms with Gasteiger partial charge in [0.05, 0.1) is 28.0 Å². The highest BCUT2D eigenvalue weighted by molar-refractivity contribution is 7.26. The molecule has 0 saturated heterocycles. The van der Waals surface area contributed by atoms with Gasteiger partial charge in [-0.05, 0) is 65.2 Å². The van der Waals surface area contributed by atoms with Crippen LogP contribution in [-0.2, 0) is 6.54 Å². The predicted octanol–water partition coefficient (Wildman–Crippen LogP) is 13.1. The summed E-state index contributed by atoms with van der Waals surface area (Å²) in [5.41, 5.74) is 17.2. The Hall–Kier alpha value is -7.28. The van der Waals surface area contributed by atoms with E-state index in [1.54, 1.807) is 0 Å². The van der Waals surface area contributed by atoms with Gasteiger partial charge in [-0.3, -0.25) is 4.99 Å². The molecule has 11 rings (SSSR count). The average Bonchev–Trinajstić information content (AvgIpc) is 3.95. The minimum Gasteiger partial charge on any atom is -0.456 e. The zero-order valence-corrected chi connectivity index (χ0v) is 31.6. The van der Waals surface area contributed by atoms with Gasteiger partial charge in [0.1, 0.15) is 17.0 Å². The molecule has 0 radical (unpaired) electrons. The Labute approximate surface area is 332 Å². The van der Waals surface area contributed by atoms with E-state index in [9.17, 15) is 0 Å². The standard InChI is InChI=1S/C51H34N4OS/c52-50(54-51(33-16-5-2-6-17-33)53-31-32-14-3-1-4-15-32)34-28-29-44-40(30-34)47-37(20-12-26-45(47)56-44)38-21-13-27-46-48(38)39-22-11-25-43(49(39)57-46)55-41-23-9-7-18-35(41)36-19-8-10-24-42(36)55/h1-30H,31H2,(H2,52,53,54). The molecule has 0 aliphatic heterocycles. The third-order valence-corrected chi connectivity index (χ3v) is 12.1. The van der Waals surface area contributed by atoms with Crippen LogP contribution in [0.4, 0.5) is 0 Å². The second-order valence-corrected chi connectivity index (χ2v) is 15.3. The van der Waals surface area contributed by atoms with Gasteiger partial charge in [0.25, 0.3) is 0 Å². The van der Waals surface area contributed by atoms with Crippen molar-refractivity contribution in [3.05, 3.63) is 199 Å². The van der Waals surface area contributed by atoms with E-state index in [4.69, 9.17) is 20.1 Å². The molecule has 0 atom stereocenters. The second kappa shape index (κ2) is 13.5. The summed E-state index contributed by atoms with van der Waals surface area (Å²) in [4.78, 5) is 9.85. The molecule has 11 aromatic rings. The highest BCUT2D eigenvalue weighted by Gasteiger charge is 2.20. The molecule has 0 saturated carbocycles. The smallest absolute Gasteiger partial charge is 0.157 e. The van der Waals surface area contributed by atoms with Gasteiger partial charge in [-0.2, -0.15) is 0 Å². The first-order chi connectivity index (χ1) is 28.2. The number of rotatable bonds is 6. The second-order valence-electron chi connectivity index (χ2n) is 14.3. The average molecular weight is 751 g/mol. The van der Waals surface area contributed by atoms with Gasteiger partial charge in [-0.1, -0.05) is 133 Å². The van der Waals surface area contributed by atoms with Gasteiger partial charge in [-0.25, -0.2) is 4.99 Å². The van der Waals surface area contributed by atoms with Crippen LogP contribution >= 0.6 is 11.3 Å². The summed E-state index contributed by atoms with van der Waals surface area (Å²) in [6.07, 6.45) is 0. The number of furan rings is 1. The van der Waals surface area contributed by atoms with Gasteiger partial charge < -0.3 is 14.7 Å². The molecular formula is C51H34N4OS. The quantitative estimate of drug-likeness (QED) is 0.136. The molecule has 2 N–H and O–H groups in total. The number of nitrogens with zero attached hydrogens (tertiary/aromatic N) is 3. The number of para-hydroxylation sites is 2. The number of fused-ring (bicyclic) bond motifs is 9. The molecular weight excluding hydrogens is 717 g/mol. The molecule has 270 valence electrons. The van der Waals surface area contributed by atoms with Crippen molar-refractivity contribution >= 4 is 86.9 Å². The molecule has 0 bridgehead atoms. The summed E-state index contributed by atoms with van der Waals surface area (Å²) in [7, 11) is 0. The van der Waals surface area contributed by atoms with Crippen LogP contribution in [0.2, 0.25) is 0 Å². The summed E-state index contributed by atoms with van der Waals surface area (Å²) in [5, 5.41) is 7.02. The van der Waals surface area contributed by atoms with Crippen molar-refractivity contribution in [2.24, 2.45) is 15.7 Å². The van der Waals surface area contributed by atoms with Crippen molar-refractivity contribution in [2.75, 3.05) is 0 Å². The van der Waals surface area contributed by atoms with Gasteiger partial charge in [-0.15, -0.1) is 11.3 Å². The van der Waals surface area contributed by atoms with Crippen LogP contribution in [0, 0.1) is 0 Å². The summed E-state index contributed by atoms with van der Waals surface area (Å²) in [6.45, 7) is 0.500. The number of hydrogen-bond donors (Lipinski definition) is 1. The zero-order valence-electron chi connectivity index (χ0n) is 30.8. The van der Waals surface area contributed by atoms with Crippen molar-refractivity contribution in [1.82, 2.24) is 4.57 Å². The normalized spacial score (nSPS) is 12.6. The third-order valence-electron chi connectivity index (χ3n) is 10.9. The third kappa shape index (κ3) is 5.53. The van der Waals surface area contributed by atoms with E-state index in [0.717, 1.165) is 49.8 Å². The van der Waals surface area contributed by atoms with Crippen molar-refractivity contribution in [2.45, 2.75) is 6.54 Å². The summed E-state index contributed by atoms with van der Waals surface area (Å²) in [6, 6.07) is 63.4. The number of nitrogens with two attached hydrogens (primary N) is 1. The highest BCUT2D eigenvalue weighted by Crippen LogP contribution is 2.46. The van der Waals surface area contributed by atoms with E-state index in [1.165, 1.54) is 47.7 Å². The maximum atomic E-state index is 6.84. The number of aliphatic imine (C=N–C) groups is 2. The molecule has 0 aliphatic rings. The van der Waals surface area contributed by atoms with E-state index in [-0.39, 0.29) is 0 Å². The Kier molecular flexibility index (Phi) is 7.83. The molecule has 3 aromatic heterocycles. The highest BCUT2D eigenvalue weighted by atomic mass is 32.1. The largest absolute Gasteiger partial charge is 0.456 e. The van der Waals surface area contributed by atoms with E-state index in [2.05, 4.69) is 120 Å². The SMILES string of the molecule is N/C(=N\C(=N/Cc1ccccc1)c1ccccc1)c1ccc2oc3cccc(-c4cccc5sc6c(-n7c8ccccc8c8ccccc87)cccc6c45)c3c2c1. The first-order valence-electron chi connectivity index (χ1n) is 19.1. The van der Waals surface area contributed by atoms with Gasteiger partial charge in [0.2, 0.25) is 0 Å². The topological polar surface area (TPSA) is 68.8 Å². The molecule has 0 spiro atoms. The lowest BCUT2D eigenvalue weighted by Gasteiger charge is -2.10. The molecule has 0 fully saturated rings. The van der Waals surface area contributed by atoms with Crippen LogP contribution in [0.5, 0.6) is 0 Å². The number of amidine groups is 2. The van der Waals surface area contributed by atoms with Crippen molar-refractivity contribution in [1.29, 1.82) is 0 Å². The minimum absolute atomic E-state index is 0.392. The molecule has 0 unspecified atom stereocenters. The molecule has 3 heterocycles. The number of thiophene rings is 1. The zero-order chi connectivity index (χ0) is 37.9. The summed E-state index contributed by atoms with van der Waals surface area (Å²) < 4.78 is 11.4. The van der Waals surface area contributed by atoms with Crippen LogP contribution in [0.25, 0.3) is 80.7 Å². The minimum atomic E-state index is 0.392. The lowest BCUT2D eigenvalue weighted by Crippen LogP contribution is -2.16. The van der Waals surface area contributed by atoms with Crippen molar-refractivity contribution < 1.29 is 4.42 Å². The Bertz CT molecular complexity index is 3340. The van der Waals surface area contributed by atoms with E-state index >= 15 is 0 Å². The fraction of sp³-hybridized carbons (Fsp3) is 0.0196. The fourth-order valence-corrected chi connectivity index (χ4v) is 9.57. The van der Waals surface area contributed by atoms with Crippen LogP contribution in [0.15, 0.2) is 196 Å². The van der Waals surface area contributed by atoms with Gasteiger partial charge >= 0.3 is 0 Å². The number of aromatic nitrogens is 1. The molecule has 0 aliphatic carbocycles. The lowest BCUT2D eigenvalue weighted by atomic mass is 9.95. The molecule has 0 amide bonds. The lowest BCUT2D eigenvalue weighted by molar-refractivity contribution is 0.669. The number of benzene rings is 8. The molecule has 6 heteroatoms. The Morgan fingerprint density at radius 1 is 0.544 bits per heavy atom. The Morgan fingerprint density at radius 3 is 1.96 bits per heavy atom. The Morgan fingerprint density at radius 2 is 1.19 bits per heavy atom. The fourth-order valence-electron chi connectivity index (χ4n) is 8.33. The Balaban J connectivity index is 1.07. The number of hydrogen-bond acceptors (Lipinski definition) is 3. The van der Waals surface area contributed by atoms with Gasteiger partial charge in [0, 0.05) is 48.1 Å². The summed E-state index contributed by atoms with van der Waals surface area (Å²) in [5.74, 6) is 0.981. The van der Waals surface area contributed by atoms with E-state index in [0.29, 0.717) is 18.2 Å². The molecule has 5 nitrogen and oxygen atoms in total. The monoisotopic (exact) mass is 750 g/mol.